The number of nitrogens with one attached hydrogen (secondary N) is 1. The van der Waals surface area contributed by atoms with E-state index in [0.29, 0.717) is 5.16 Å². The number of fused-ring (bicyclic) bond motifs is 3. The van der Waals surface area contributed by atoms with E-state index in [2.05, 4.69) is 15.3 Å². The SMILES string of the molecule is CSc1nc(Nc2ccc([As](=O)(O)O)cc2)c2c3c(sc2n1)CCCC3. The molecule has 0 spiro atoms. The van der Waals surface area contributed by atoms with E-state index in [0.717, 1.165) is 34.6 Å². The molecular formula is C17H18AsN3O3S2. The molecule has 0 amide bonds. The zero-order valence-corrected chi connectivity index (χ0v) is 17.6. The summed E-state index contributed by atoms with van der Waals surface area (Å²) in [5.74, 6) is 0.771. The van der Waals surface area contributed by atoms with Gasteiger partial charge in [-0.05, 0) is 0 Å². The fraction of sp³-hybridized carbons (Fsp3) is 0.294. The van der Waals surface area contributed by atoms with Crippen molar-refractivity contribution in [1.29, 1.82) is 0 Å². The van der Waals surface area contributed by atoms with Crippen molar-refractivity contribution in [3.05, 3.63) is 34.7 Å². The Kier molecular flexibility index (Phi) is 4.88. The van der Waals surface area contributed by atoms with E-state index in [1.807, 2.05) is 6.26 Å². The Morgan fingerprint density at radius 1 is 1.15 bits per heavy atom. The van der Waals surface area contributed by atoms with Gasteiger partial charge in [-0.3, -0.25) is 0 Å². The Morgan fingerprint density at radius 3 is 2.58 bits per heavy atom. The first-order valence-electron chi connectivity index (χ1n) is 8.25. The van der Waals surface area contributed by atoms with E-state index >= 15 is 0 Å². The van der Waals surface area contributed by atoms with Crippen LogP contribution in [0.5, 0.6) is 0 Å². The maximum absolute atomic E-state index is 11.4. The molecule has 0 unspecified atom stereocenters. The molecule has 0 saturated heterocycles. The van der Waals surface area contributed by atoms with Crippen LogP contribution in [0.3, 0.4) is 0 Å². The third-order valence-corrected chi connectivity index (χ3v) is 8.21. The molecule has 0 aliphatic heterocycles. The zero-order valence-electron chi connectivity index (χ0n) is 14.1. The van der Waals surface area contributed by atoms with Crippen molar-refractivity contribution in [2.75, 3.05) is 11.6 Å². The van der Waals surface area contributed by atoms with Gasteiger partial charge in [-0.1, -0.05) is 0 Å². The third kappa shape index (κ3) is 3.44. The molecule has 0 atom stereocenters. The van der Waals surface area contributed by atoms with Gasteiger partial charge in [0.05, 0.1) is 0 Å². The minimum atomic E-state index is -4.86. The van der Waals surface area contributed by atoms with Gasteiger partial charge in [0.25, 0.3) is 0 Å². The van der Waals surface area contributed by atoms with Crippen LogP contribution < -0.4 is 9.67 Å². The van der Waals surface area contributed by atoms with Crippen LogP contribution in [0.15, 0.2) is 29.4 Å². The molecule has 3 aromatic rings. The molecule has 3 N–H and O–H groups in total. The second-order valence-corrected chi connectivity index (χ2v) is 11.4. The molecule has 9 heteroatoms. The predicted molar refractivity (Wildman–Crippen MR) is 106 cm³/mol. The summed E-state index contributed by atoms with van der Waals surface area (Å²) in [5, 5.41) is 5.14. The molecule has 1 aliphatic rings. The van der Waals surface area contributed by atoms with Crippen molar-refractivity contribution < 1.29 is 11.9 Å². The van der Waals surface area contributed by atoms with Gasteiger partial charge in [0, 0.05) is 0 Å². The first-order valence-corrected chi connectivity index (χ1v) is 13.7. The van der Waals surface area contributed by atoms with Crippen molar-refractivity contribution in [3.63, 3.8) is 0 Å². The van der Waals surface area contributed by atoms with E-state index < -0.39 is 14.2 Å². The summed E-state index contributed by atoms with van der Waals surface area (Å²) in [7, 11) is 0. The fourth-order valence-electron chi connectivity index (χ4n) is 3.20. The van der Waals surface area contributed by atoms with Gasteiger partial charge in [-0.15, -0.1) is 0 Å². The molecule has 1 aliphatic carbocycles. The summed E-state index contributed by atoms with van der Waals surface area (Å²) in [5.41, 5.74) is 2.10. The molecule has 26 heavy (non-hydrogen) atoms. The topological polar surface area (TPSA) is 95.3 Å². The Labute approximate surface area is 162 Å². The molecule has 0 bridgehead atoms. The summed E-state index contributed by atoms with van der Waals surface area (Å²) in [4.78, 5) is 11.8. The van der Waals surface area contributed by atoms with Gasteiger partial charge in [0.2, 0.25) is 0 Å². The Morgan fingerprint density at radius 2 is 1.88 bits per heavy atom. The summed E-state index contributed by atoms with van der Waals surface area (Å²) in [6.07, 6.45) is 6.50. The second kappa shape index (κ2) is 7.02. The Bertz CT molecular complexity index is 1010. The molecule has 4 rings (SSSR count). The zero-order chi connectivity index (χ0) is 18.3. The standard InChI is InChI=1S/C17H18AsN3O3S2/c1-25-17-20-15(19-11-8-6-10(7-9-11)18(22,23)24)14-12-4-2-3-5-13(12)26-16(14)21-17/h6-9H,2-5H2,1H3,(H,19,20,21)(H2,22,23,24). The quantitative estimate of drug-likeness (QED) is 0.319. The van der Waals surface area contributed by atoms with Crippen molar-refractivity contribution in [1.82, 2.24) is 9.97 Å². The number of nitrogens with zero attached hydrogens (tertiary/aromatic N) is 2. The van der Waals surface area contributed by atoms with E-state index in [4.69, 9.17) is 0 Å². The van der Waals surface area contributed by atoms with Gasteiger partial charge in [0.15, 0.2) is 0 Å². The number of rotatable bonds is 4. The van der Waals surface area contributed by atoms with Crippen LogP contribution in [-0.2, 0) is 16.6 Å². The summed E-state index contributed by atoms with van der Waals surface area (Å²) < 4.78 is 30.1. The summed E-state index contributed by atoms with van der Waals surface area (Å²) in [6.45, 7) is 0. The van der Waals surface area contributed by atoms with Gasteiger partial charge in [-0.2, -0.15) is 0 Å². The van der Waals surface area contributed by atoms with E-state index in [-0.39, 0.29) is 4.35 Å². The Hall–Kier alpha value is -1.31. The number of hydrogen-bond donors (Lipinski definition) is 3. The van der Waals surface area contributed by atoms with Crippen LogP contribution in [0.4, 0.5) is 11.5 Å². The monoisotopic (exact) mass is 451 g/mol. The molecule has 0 saturated carbocycles. The molecule has 0 fully saturated rings. The molecule has 0 radical (unpaired) electrons. The van der Waals surface area contributed by atoms with Crippen molar-refractivity contribution in [2.45, 2.75) is 30.8 Å². The average molecular weight is 451 g/mol. The molecule has 2 heterocycles. The van der Waals surface area contributed by atoms with Crippen molar-refractivity contribution >= 4 is 63.3 Å². The number of anilines is 2. The van der Waals surface area contributed by atoms with E-state index in [9.17, 15) is 11.9 Å². The van der Waals surface area contributed by atoms with Gasteiger partial charge >= 0.3 is 162 Å². The maximum atomic E-state index is 11.4. The molecule has 136 valence electrons. The molecule has 6 nitrogen and oxygen atoms in total. The van der Waals surface area contributed by atoms with Crippen LogP contribution in [0, 0.1) is 0 Å². The number of aromatic nitrogens is 2. The van der Waals surface area contributed by atoms with E-state index in [1.54, 1.807) is 23.5 Å². The van der Waals surface area contributed by atoms with Crippen LogP contribution >= 0.6 is 23.1 Å². The molecular weight excluding hydrogens is 433 g/mol. The van der Waals surface area contributed by atoms with Gasteiger partial charge in [-0.25, -0.2) is 0 Å². The summed E-state index contributed by atoms with van der Waals surface area (Å²) >= 11 is -1.60. The van der Waals surface area contributed by atoms with Crippen LogP contribution in [-0.4, -0.2) is 38.6 Å². The molecule has 2 aromatic heterocycles. The van der Waals surface area contributed by atoms with Crippen LogP contribution in [0.25, 0.3) is 10.2 Å². The number of hydrogen-bond acceptors (Lipinski definition) is 6. The number of aryl methyl sites for hydroxylation is 2. The normalized spacial score (nSPS) is 14.4. The Balaban J connectivity index is 1.77. The number of thioether (sulfide) groups is 1. The first-order chi connectivity index (χ1) is 12.5. The van der Waals surface area contributed by atoms with Crippen LogP contribution in [0.1, 0.15) is 23.3 Å². The van der Waals surface area contributed by atoms with Crippen molar-refractivity contribution in [2.24, 2.45) is 0 Å². The first kappa shape index (κ1) is 18.1. The van der Waals surface area contributed by atoms with Crippen LogP contribution in [0.2, 0.25) is 0 Å². The minimum absolute atomic E-state index is 0.0687. The average Bonchev–Trinajstić information content (AvgIpc) is 3.00. The summed E-state index contributed by atoms with van der Waals surface area (Å²) in [6, 6.07) is 6.31. The number of thiophene rings is 1. The molecule has 1 aromatic carbocycles. The second-order valence-electron chi connectivity index (χ2n) is 6.17. The fourth-order valence-corrected chi connectivity index (χ4v) is 6.01. The van der Waals surface area contributed by atoms with Gasteiger partial charge in [0.1, 0.15) is 0 Å². The predicted octanol–water partition coefficient (Wildman–Crippen LogP) is 2.60. The van der Waals surface area contributed by atoms with Gasteiger partial charge < -0.3 is 0 Å². The van der Waals surface area contributed by atoms with Crippen molar-refractivity contribution in [3.8, 4) is 0 Å². The number of benzene rings is 1. The third-order valence-electron chi connectivity index (χ3n) is 4.44. The van der Waals surface area contributed by atoms with E-state index in [1.165, 1.54) is 47.2 Å².